The molecule has 0 aromatic heterocycles. The average Bonchev–Trinajstić information content (AvgIpc) is 3.14. The van der Waals surface area contributed by atoms with Gasteiger partial charge in [0.05, 0.1) is 18.6 Å². The number of hydrogen-bond donors (Lipinski definition) is 1. The van der Waals surface area contributed by atoms with Crippen LogP contribution < -0.4 is 15.0 Å². The molecule has 0 spiro atoms. The van der Waals surface area contributed by atoms with Crippen molar-refractivity contribution in [2.45, 2.75) is 0 Å². The van der Waals surface area contributed by atoms with Crippen molar-refractivity contribution in [1.29, 1.82) is 0 Å². The van der Waals surface area contributed by atoms with Crippen molar-refractivity contribution in [3.05, 3.63) is 95.9 Å². The minimum Gasteiger partial charge on any atom is -0.497 e. The van der Waals surface area contributed by atoms with Crippen molar-refractivity contribution in [2.75, 3.05) is 23.1 Å². The number of carbonyl (C=O) groups is 2. The molecule has 6 nitrogen and oxygen atoms in total. The van der Waals surface area contributed by atoms with E-state index in [0.717, 1.165) is 17.3 Å². The van der Waals surface area contributed by atoms with Crippen LogP contribution in [0.25, 0.3) is 6.08 Å². The molecule has 1 N–H and O–H groups in total. The van der Waals surface area contributed by atoms with E-state index in [1.165, 1.54) is 29.2 Å². The molecule has 2 amide bonds. The Morgan fingerprint density at radius 2 is 1.76 bits per heavy atom. The van der Waals surface area contributed by atoms with Gasteiger partial charge in [0.1, 0.15) is 17.3 Å². The second-order valence-corrected chi connectivity index (χ2v) is 7.96. The highest BCUT2D eigenvalue weighted by molar-refractivity contribution is 8.14. The summed E-state index contributed by atoms with van der Waals surface area (Å²) in [5.41, 5.74) is 2.17. The Labute approximate surface area is 194 Å². The molecule has 1 aliphatic rings. The zero-order chi connectivity index (χ0) is 23.2. The lowest BCUT2D eigenvalue weighted by molar-refractivity contribution is -0.114. The van der Waals surface area contributed by atoms with E-state index in [2.05, 4.69) is 10.3 Å². The van der Waals surface area contributed by atoms with Crippen molar-refractivity contribution in [2.24, 2.45) is 4.99 Å². The fourth-order valence-corrected chi connectivity index (χ4v) is 3.93. The number of methoxy groups -OCH3 is 1. The van der Waals surface area contributed by atoms with Crippen LogP contribution in [0.2, 0.25) is 0 Å². The minimum atomic E-state index is -0.407. The van der Waals surface area contributed by atoms with Gasteiger partial charge in [-0.3, -0.25) is 14.5 Å². The summed E-state index contributed by atoms with van der Waals surface area (Å²) in [6.45, 7) is 0. The first-order valence-corrected chi connectivity index (χ1v) is 11.0. The van der Waals surface area contributed by atoms with E-state index in [-0.39, 0.29) is 23.3 Å². The number of carbonyl (C=O) groups excluding carboxylic acids is 2. The molecule has 1 aliphatic heterocycles. The van der Waals surface area contributed by atoms with E-state index < -0.39 is 5.82 Å². The summed E-state index contributed by atoms with van der Waals surface area (Å²) in [6, 6.07) is 21.9. The summed E-state index contributed by atoms with van der Waals surface area (Å²) >= 11 is 1.13. The number of anilines is 2. The van der Waals surface area contributed by atoms with Crippen LogP contribution in [0.3, 0.4) is 0 Å². The molecular weight excluding hydrogens is 441 g/mol. The number of rotatable bonds is 6. The largest absolute Gasteiger partial charge is 0.497 e. The zero-order valence-electron chi connectivity index (χ0n) is 17.7. The molecule has 3 aromatic rings. The number of aliphatic imine (C=N–C) groups is 1. The van der Waals surface area contributed by atoms with Gasteiger partial charge in [-0.05, 0) is 60.2 Å². The lowest BCUT2D eigenvalue weighted by atomic mass is 10.2. The van der Waals surface area contributed by atoms with Crippen molar-refractivity contribution >= 4 is 46.2 Å². The van der Waals surface area contributed by atoms with Crippen molar-refractivity contribution < 1.29 is 18.7 Å². The van der Waals surface area contributed by atoms with Crippen LogP contribution in [0.5, 0.6) is 5.75 Å². The lowest BCUT2D eigenvalue weighted by Gasteiger charge is -2.17. The van der Waals surface area contributed by atoms with Crippen molar-refractivity contribution in [3.8, 4) is 5.75 Å². The Balaban J connectivity index is 1.53. The second-order valence-electron chi connectivity index (χ2n) is 7.02. The second kappa shape index (κ2) is 10.1. The standard InChI is InChI=1S/C25H20FN3O3S/c1-32-21-13-9-19(10-14-21)27-23(30)16-33-25-28-22(15-17-5-3-2-4-6-17)24(31)29(25)20-11-7-18(26)8-12-20/h2-15H,16H2,1H3,(H,27,30)/b22-15+. The number of nitrogens with zero attached hydrogens (tertiary/aromatic N) is 2. The summed E-state index contributed by atoms with van der Waals surface area (Å²) in [5.74, 6) is -0.276. The van der Waals surface area contributed by atoms with E-state index in [0.29, 0.717) is 22.3 Å². The molecule has 0 saturated heterocycles. The molecule has 0 atom stereocenters. The molecular formula is C25H20FN3O3S. The molecule has 0 aliphatic carbocycles. The molecule has 0 bridgehead atoms. The number of ether oxygens (including phenoxy) is 1. The summed E-state index contributed by atoms with van der Waals surface area (Å²) in [6.07, 6.45) is 1.68. The first kappa shape index (κ1) is 22.3. The predicted molar refractivity (Wildman–Crippen MR) is 130 cm³/mol. The molecule has 1 heterocycles. The monoisotopic (exact) mass is 461 g/mol. The smallest absolute Gasteiger partial charge is 0.283 e. The maximum absolute atomic E-state index is 13.4. The summed E-state index contributed by atoms with van der Waals surface area (Å²) < 4.78 is 18.5. The van der Waals surface area contributed by atoms with Crippen LogP contribution in [0.1, 0.15) is 5.56 Å². The molecule has 4 rings (SSSR count). The van der Waals surface area contributed by atoms with Crippen LogP contribution in [0.4, 0.5) is 15.8 Å². The van der Waals surface area contributed by atoms with Crippen LogP contribution in [-0.2, 0) is 9.59 Å². The number of amidine groups is 1. The number of halogens is 1. The van der Waals surface area contributed by atoms with Gasteiger partial charge in [0.15, 0.2) is 5.17 Å². The third-order valence-corrected chi connectivity index (χ3v) is 5.66. The van der Waals surface area contributed by atoms with Gasteiger partial charge in [-0.25, -0.2) is 9.38 Å². The van der Waals surface area contributed by atoms with Gasteiger partial charge in [-0.15, -0.1) is 0 Å². The highest BCUT2D eigenvalue weighted by Gasteiger charge is 2.32. The summed E-state index contributed by atoms with van der Waals surface area (Å²) in [5, 5.41) is 3.15. The third kappa shape index (κ3) is 5.48. The first-order valence-electron chi connectivity index (χ1n) is 10.1. The molecule has 166 valence electrons. The van der Waals surface area contributed by atoms with E-state index in [1.54, 1.807) is 37.5 Å². The Morgan fingerprint density at radius 3 is 2.42 bits per heavy atom. The zero-order valence-corrected chi connectivity index (χ0v) is 18.5. The number of nitrogens with one attached hydrogen (secondary N) is 1. The molecule has 8 heteroatoms. The fourth-order valence-electron chi connectivity index (χ4n) is 3.12. The molecule has 0 fully saturated rings. The van der Waals surface area contributed by atoms with E-state index in [1.807, 2.05) is 30.3 Å². The Bertz CT molecular complexity index is 1210. The SMILES string of the molecule is COc1ccc(NC(=O)CSC2=N/C(=C/c3ccccc3)C(=O)N2c2ccc(F)cc2)cc1. The van der Waals surface area contributed by atoms with E-state index in [4.69, 9.17) is 4.74 Å². The number of thioether (sulfide) groups is 1. The molecule has 0 saturated carbocycles. The van der Waals surface area contributed by atoms with Gasteiger partial charge in [-0.1, -0.05) is 42.1 Å². The normalized spacial score (nSPS) is 14.4. The van der Waals surface area contributed by atoms with E-state index in [9.17, 15) is 14.0 Å². The third-order valence-electron chi connectivity index (χ3n) is 4.72. The summed E-state index contributed by atoms with van der Waals surface area (Å²) in [4.78, 5) is 31.5. The highest BCUT2D eigenvalue weighted by Crippen LogP contribution is 2.29. The average molecular weight is 462 g/mol. The van der Waals surface area contributed by atoms with Crippen LogP contribution in [0, 0.1) is 5.82 Å². The molecule has 33 heavy (non-hydrogen) atoms. The Morgan fingerprint density at radius 1 is 1.06 bits per heavy atom. The van der Waals surface area contributed by atoms with Gasteiger partial charge in [0, 0.05) is 5.69 Å². The van der Waals surface area contributed by atoms with Crippen LogP contribution >= 0.6 is 11.8 Å². The number of hydrogen-bond acceptors (Lipinski definition) is 5. The quantitative estimate of drug-likeness (QED) is 0.528. The van der Waals surface area contributed by atoms with Gasteiger partial charge in [0.2, 0.25) is 5.91 Å². The van der Waals surface area contributed by atoms with Gasteiger partial charge in [0.25, 0.3) is 5.91 Å². The number of benzene rings is 3. The van der Waals surface area contributed by atoms with Crippen LogP contribution in [0.15, 0.2) is 89.6 Å². The topological polar surface area (TPSA) is 71.0 Å². The van der Waals surface area contributed by atoms with Crippen molar-refractivity contribution in [1.82, 2.24) is 0 Å². The lowest BCUT2D eigenvalue weighted by Crippen LogP contribution is -2.31. The van der Waals surface area contributed by atoms with E-state index >= 15 is 0 Å². The molecule has 3 aromatic carbocycles. The minimum absolute atomic E-state index is 0.0362. The van der Waals surface area contributed by atoms with Crippen molar-refractivity contribution in [3.63, 3.8) is 0 Å². The fraction of sp³-hybridized carbons (Fsp3) is 0.0800. The summed E-state index contributed by atoms with van der Waals surface area (Å²) in [7, 11) is 1.57. The number of amides is 2. The molecule has 0 unspecified atom stereocenters. The van der Waals surface area contributed by atoms with Gasteiger partial charge >= 0.3 is 0 Å². The molecule has 0 radical (unpaired) electrons. The first-order chi connectivity index (χ1) is 16.0. The predicted octanol–water partition coefficient (Wildman–Crippen LogP) is 4.95. The van der Waals surface area contributed by atoms with Gasteiger partial charge in [-0.2, -0.15) is 0 Å². The van der Waals surface area contributed by atoms with Gasteiger partial charge < -0.3 is 10.1 Å². The van der Waals surface area contributed by atoms with Crippen LogP contribution in [-0.4, -0.2) is 29.8 Å². The Kier molecular flexibility index (Phi) is 6.85. The highest BCUT2D eigenvalue weighted by atomic mass is 32.2. The Hall–Kier alpha value is -3.91. The maximum Gasteiger partial charge on any atom is 0.283 e. The maximum atomic E-state index is 13.4.